The highest BCUT2D eigenvalue weighted by molar-refractivity contribution is 7.14. The molecule has 6 rings (SSSR count). The second-order valence-electron chi connectivity index (χ2n) is 9.42. The fourth-order valence-electron chi connectivity index (χ4n) is 5.76. The minimum absolute atomic E-state index is 0.0872. The van der Waals surface area contributed by atoms with Gasteiger partial charge in [-0.3, -0.25) is 9.78 Å². The molecule has 2 aliphatic carbocycles. The Hall–Kier alpha value is -3.84. The Labute approximate surface area is 233 Å². The number of methoxy groups -OCH3 is 1. The fourth-order valence-corrected chi connectivity index (χ4v) is 6.88. The van der Waals surface area contributed by atoms with Crippen molar-refractivity contribution in [3.05, 3.63) is 47.2 Å². The number of nitriles is 1. The Bertz CT molecular complexity index is 1510. The molecule has 1 N–H and O–H groups in total. The quantitative estimate of drug-likeness (QED) is 0.292. The first-order valence-electron chi connectivity index (χ1n) is 13.5. The average Bonchev–Trinajstić information content (AvgIpc) is 3.81. The van der Waals surface area contributed by atoms with E-state index >= 15 is 0 Å². The van der Waals surface area contributed by atoms with Crippen LogP contribution in [0, 0.1) is 16.7 Å². The molecule has 2 aliphatic rings. The van der Waals surface area contributed by atoms with Crippen molar-refractivity contribution in [3.63, 3.8) is 0 Å². The minimum Gasteiger partial charge on any atom is -0.469 e. The lowest BCUT2D eigenvalue weighted by Crippen LogP contribution is -2.27. The Morgan fingerprint density at radius 1 is 1.10 bits per heavy atom. The number of fused-ring (bicyclic) bond motifs is 3. The molecule has 10 heteroatoms. The number of carbonyl (C=O) groups is 1. The van der Waals surface area contributed by atoms with Crippen LogP contribution < -0.4 is 5.32 Å². The van der Waals surface area contributed by atoms with Crippen molar-refractivity contribution in [3.8, 4) is 28.0 Å². The molecule has 2 saturated carbocycles. The highest BCUT2D eigenvalue weighted by atomic mass is 32.1. The number of esters is 1. The van der Waals surface area contributed by atoms with Gasteiger partial charge in [-0.1, -0.05) is 39.0 Å². The third-order valence-corrected chi connectivity index (χ3v) is 8.84. The van der Waals surface area contributed by atoms with Gasteiger partial charge in [-0.25, -0.2) is 4.52 Å². The molecule has 2 fully saturated rings. The summed E-state index contributed by atoms with van der Waals surface area (Å²) in [5.41, 5.74) is 4.26. The molecule has 0 atom stereocenters. The number of hydrogen-bond acceptors (Lipinski definition) is 9. The number of aromatic nitrogens is 5. The summed E-state index contributed by atoms with van der Waals surface area (Å²) in [5, 5.41) is 27.7. The van der Waals surface area contributed by atoms with E-state index in [0.717, 1.165) is 70.3 Å². The van der Waals surface area contributed by atoms with Crippen LogP contribution >= 0.6 is 11.3 Å². The third-order valence-electron chi connectivity index (χ3n) is 7.63. The van der Waals surface area contributed by atoms with Crippen LogP contribution in [0.25, 0.3) is 27.5 Å². The van der Waals surface area contributed by atoms with E-state index in [2.05, 4.69) is 26.7 Å². The molecule has 0 aliphatic heterocycles. The lowest BCUT2D eigenvalue weighted by Gasteiger charge is -2.24. The Balaban J connectivity index is 0.000000845. The molecule has 0 amide bonds. The number of nitrogens with zero attached hydrogens (tertiary/aromatic N) is 6. The van der Waals surface area contributed by atoms with Crippen LogP contribution in [-0.4, -0.2) is 44.9 Å². The van der Waals surface area contributed by atoms with Crippen LogP contribution in [0.3, 0.4) is 0 Å². The van der Waals surface area contributed by atoms with Crippen LogP contribution in [-0.2, 0) is 14.9 Å². The van der Waals surface area contributed by atoms with Gasteiger partial charge in [0.05, 0.1) is 46.8 Å². The summed E-state index contributed by atoms with van der Waals surface area (Å²) in [6.07, 6.45) is 7.73. The number of carbonyl (C=O) groups excluding carboxylic acids is 1. The van der Waals surface area contributed by atoms with Crippen LogP contribution in [0.5, 0.6) is 0 Å². The van der Waals surface area contributed by atoms with Crippen molar-refractivity contribution in [1.29, 1.82) is 5.26 Å². The molecular weight excluding hydrogens is 510 g/mol. The highest BCUT2D eigenvalue weighted by Crippen LogP contribution is 2.63. The van der Waals surface area contributed by atoms with Crippen molar-refractivity contribution in [1.82, 2.24) is 24.8 Å². The largest absolute Gasteiger partial charge is 0.469 e. The van der Waals surface area contributed by atoms with Gasteiger partial charge >= 0.3 is 5.97 Å². The van der Waals surface area contributed by atoms with Gasteiger partial charge < -0.3 is 10.1 Å². The number of rotatable bonds is 5. The summed E-state index contributed by atoms with van der Waals surface area (Å²) in [5.74, 6) is -0.0879. The summed E-state index contributed by atoms with van der Waals surface area (Å²) in [6, 6.07) is 9.76. The zero-order chi connectivity index (χ0) is 28.2. The van der Waals surface area contributed by atoms with Gasteiger partial charge in [-0.05, 0) is 56.4 Å². The molecule has 0 radical (unpaired) electrons. The van der Waals surface area contributed by atoms with E-state index in [0.29, 0.717) is 5.56 Å². The van der Waals surface area contributed by atoms with Crippen LogP contribution in [0.15, 0.2) is 36.7 Å². The van der Waals surface area contributed by atoms with E-state index in [1.807, 2.05) is 59.1 Å². The first-order valence-corrected chi connectivity index (χ1v) is 14.3. The molecule has 0 spiro atoms. The van der Waals surface area contributed by atoms with Crippen LogP contribution in [0.4, 0.5) is 5.69 Å². The summed E-state index contributed by atoms with van der Waals surface area (Å²) in [4.78, 5) is 17.1. The van der Waals surface area contributed by atoms with Gasteiger partial charge in [-0.15, -0.1) is 10.2 Å². The predicted octanol–water partition coefficient (Wildman–Crippen LogP) is 6.26. The molecule has 4 aromatic rings. The zero-order valence-corrected chi connectivity index (χ0v) is 24.2. The van der Waals surface area contributed by atoms with Gasteiger partial charge in [0.25, 0.3) is 0 Å². The predicted molar refractivity (Wildman–Crippen MR) is 153 cm³/mol. The molecule has 4 aromatic heterocycles. The SMILES string of the molecule is CC.CC.CNc1cc(-c2ccc3cc(C#N)cnn23)ncc1-c1nnc(C23CCC(C(=O)OC)(CC2)C3)s1. The number of anilines is 1. The third kappa shape index (κ3) is 4.76. The van der Waals surface area contributed by atoms with E-state index in [1.54, 1.807) is 28.1 Å². The number of pyridine rings is 1. The highest BCUT2D eigenvalue weighted by Gasteiger charge is 2.60. The maximum Gasteiger partial charge on any atom is 0.311 e. The number of hydrogen-bond donors (Lipinski definition) is 1. The molecule has 0 unspecified atom stereocenters. The molecule has 0 aromatic carbocycles. The van der Waals surface area contributed by atoms with Crippen molar-refractivity contribution in [2.45, 2.75) is 65.2 Å². The summed E-state index contributed by atoms with van der Waals surface area (Å²) in [7, 11) is 3.35. The van der Waals surface area contributed by atoms with Gasteiger partial charge in [0.15, 0.2) is 5.01 Å². The first kappa shape index (κ1) is 28.2. The summed E-state index contributed by atoms with van der Waals surface area (Å²) in [6.45, 7) is 8.00. The van der Waals surface area contributed by atoms with E-state index in [4.69, 9.17) is 15.0 Å². The topological polar surface area (TPSA) is 118 Å². The molecular formula is C29H35N7O2S. The second-order valence-corrected chi connectivity index (χ2v) is 10.4. The standard InChI is InChI=1S/C25H23N7O2S.2C2H6/c1-27-18-10-19(20-4-3-16-9-15(11-26)12-29-32(16)20)28-13-17(18)21-30-31-22(35-21)24-5-7-25(14-24,8-6-24)23(33)34-2;2*1-2/h3-4,9-10,12-13H,5-8,14H2,1-2H3,(H,27,28);2*1-2H3. The van der Waals surface area contributed by atoms with Crippen molar-refractivity contribution in [2.75, 3.05) is 19.5 Å². The zero-order valence-electron chi connectivity index (χ0n) is 23.4. The molecule has 39 heavy (non-hydrogen) atoms. The van der Waals surface area contributed by atoms with E-state index < -0.39 is 0 Å². The maximum absolute atomic E-state index is 12.4. The van der Waals surface area contributed by atoms with Gasteiger partial charge in [0.2, 0.25) is 0 Å². The monoisotopic (exact) mass is 545 g/mol. The number of ether oxygens (including phenoxy) is 1. The average molecular weight is 546 g/mol. The Morgan fingerprint density at radius 2 is 1.85 bits per heavy atom. The summed E-state index contributed by atoms with van der Waals surface area (Å²) < 4.78 is 6.89. The minimum atomic E-state index is -0.359. The van der Waals surface area contributed by atoms with Crippen LogP contribution in [0.2, 0.25) is 0 Å². The van der Waals surface area contributed by atoms with Gasteiger partial charge in [0.1, 0.15) is 11.1 Å². The van der Waals surface area contributed by atoms with E-state index in [1.165, 1.54) is 7.11 Å². The molecule has 0 saturated heterocycles. The van der Waals surface area contributed by atoms with Gasteiger partial charge in [0, 0.05) is 24.3 Å². The van der Waals surface area contributed by atoms with Crippen molar-refractivity contribution >= 4 is 28.5 Å². The summed E-state index contributed by atoms with van der Waals surface area (Å²) >= 11 is 1.59. The maximum atomic E-state index is 12.4. The van der Waals surface area contributed by atoms with E-state index in [-0.39, 0.29) is 16.8 Å². The molecule has 204 valence electrons. The lowest BCUT2D eigenvalue weighted by molar-refractivity contribution is -0.152. The molecule has 2 bridgehead atoms. The van der Waals surface area contributed by atoms with Crippen molar-refractivity contribution < 1.29 is 9.53 Å². The lowest BCUT2D eigenvalue weighted by atomic mass is 9.82. The first-order chi connectivity index (χ1) is 19.0. The van der Waals surface area contributed by atoms with E-state index in [9.17, 15) is 4.79 Å². The smallest absolute Gasteiger partial charge is 0.311 e. The fraction of sp³-hybridized carbons (Fsp3) is 0.448. The molecule has 9 nitrogen and oxygen atoms in total. The number of nitrogens with one attached hydrogen (secondary N) is 1. The Morgan fingerprint density at radius 3 is 2.51 bits per heavy atom. The van der Waals surface area contributed by atoms with Crippen LogP contribution in [0.1, 0.15) is 70.4 Å². The normalized spacial score (nSPS) is 20.8. The Kier molecular flexibility index (Phi) is 8.31. The second kappa shape index (κ2) is 11.5. The van der Waals surface area contributed by atoms with Gasteiger partial charge in [-0.2, -0.15) is 10.4 Å². The molecule has 4 heterocycles. The van der Waals surface area contributed by atoms with Crippen molar-refractivity contribution in [2.24, 2.45) is 5.41 Å².